The molecule has 0 aromatic heterocycles. The maximum atomic E-state index is 13.6. The molecule has 0 radical (unpaired) electrons. The highest BCUT2D eigenvalue weighted by Crippen LogP contribution is 2.53. The first-order valence-corrected chi connectivity index (χ1v) is 15.0. The van der Waals surface area contributed by atoms with E-state index < -0.39 is 33.0 Å². The number of fused-ring (bicyclic) bond motifs is 2. The topological polar surface area (TPSA) is 74.4 Å². The van der Waals surface area contributed by atoms with Crippen molar-refractivity contribution in [3.63, 3.8) is 0 Å². The number of rotatable bonds is 7. The van der Waals surface area contributed by atoms with Crippen molar-refractivity contribution in [1.82, 2.24) is 0 Å². The Balaban J connectivity index is 1.86. The zero-order valence-electron chi connectivity index (χ0n) is 22.4. The lowest BCUT2D eigenvalue weighted by atomic mass is 10.0. The van der Waals surface area contributed by atoms with E-state index in [9.17, 15) is 9.59 Å². The molecule has 0 spiro atoms. The minimum absolute atomic E-state index is 0.363. The van der Waals surface area contributed by atoms with Gasteiger partial charge in [-0.1, -0.05) is 87.8 Å². The van der Waals surface area contributed by atoms with Gasteiger partial charge in [0, 0.05) is 30.2 Å². The monoisotopic (exact) mass is 692 g/mol. The smallest absolute Gasteiger partial charge is 0.419 e. The summed E-state index contributed by atoms with van der Waals surface area (Å²) in [5.74, 6) is 0. The second-order valence-electron chi connectivity index (χ2n) is 9.04. The predicted molar refractivity (Wildman–Crippen MR) is 174 cm³/mol. The van der Waals surface area contributed by atoms with Crippen molar-refractivity contribution in [1.29, 1.82) is 0 Å². The number of hydrogen-bond acceptors (Lipinski definition) is 6. The molecule has 0 aliphatic carbocycles. The molecule has 0 fully saturated rings. The van der Waals surface area contributed by atoms with Gasteiger partial charge >= 0.3 is 12.2 Å². The number of ether oxygens (including phenoxy) is 2. The van der Waals surface area contributed by atoms with Crippen molar-refractivity contribution < 1.29 is 19.1 Å². The van der Waals surface area contributed by atoms with E-state index in [1.54, 1.807) is 18.2 Å². The van der Waals surface area contributed by atoms with Gasteiger partial charge in [-0.15, -0.1) is 0 Å². The average molecular weight is 695 g/mol. The van der Waals surface area contributed by atoms with E-state index in [4.69, 9.17) is 79.1 Å². The van der Waals surface area contributed by atoms with Gasteiger partial charge in [0.05, 0.1) is 22.7 Å². The first kappa shape index (κ1) is 32.5. The molecule has 3 aromatic rings. The van der Waals surface area contributed by atoms with E-state index in [1.807, 2.05) is 53.4 Å². The first-order chi connectivity index (χ1) is 19.8. The van der Waals surface area contributed by atoms with Gasteiger partial charge in [-0.2, -0.15) is 0 Å². The molecule has 1 N–H and O–H groups in total. The molecular formula is C28H26Cl6N4O4. The van der Waals surface area contributed by atoms with Crippen molar-refractivity contribution in [2.75, 3.05) is 46.3 Å². The molecule has 1 aliphatic rings. The van der Waals surface area contributed by atoms with E-state index in [0.717, 1.165) is 24.5 Å². The highest BCUT2D eigenvalue weighted by atomic mass is 35.6. The number of halogens is 6. The van der Waals surface area contributed by atoms with Crippen molar-refractivity contribution in [2.45, 2.75) is 21.4 Å². The lowest BCUT2D eigenvalue weighted by Crippen LogP contribution is -2.34. The van der Waals surface area contributed by atoms with Crippen LogP contribution >= 0.6 is 69.6 Å². The number of anilines is 7. The summed E-state index contributed by atoms with van der Waals surface area (Å²) < 4.78 is 6.87. The fourth-order valence-electron chi connectivity index (χ4n) is 4.46. The Morgan fingerprint density at radius 1 is 0.762 bits per heavy atom. The maximum Gasteiger partial charge on any atom is 0.419 e. The number of carbonyl (C=O) groups excluding carboxylic acids is 2. The number of para-hydroxylation sites is 1. The van der Waals surface area contributed by atoms with Crippen LogP contribution in [0.5, 0.6) is 0 Å². The lowest BCUT2D eigenvalue weighted by Gasteiger charge is -2.39. The first-order valence-electron chi connectivity index (χ1n) is 12.7. The molecule has 1 aliphatic heterocycles. The van der Waals surface area contributed by atoms with Crippen LogP contribution in [-0.4, -0.2) is 46.1 Å². The van der Waals surface area contributed by atoms with Crippen LogP contribution in [0.3, 0.4) is 0 Å². The summed E-state index contributed by atoms with van der Waals surface area (Å²) in [5.41, 5.74) is 4.34. The summed E-state index contributed by atoms with van der Waals surface area (Å²) in [6.45, 7) is 4.76. The third kappa shape index (κ3) is 7.92. The van der Waals surface area contributed by atoms with Gasteiger partial charge in [-0.05, 0) is 62.4 Å². The molecule has 0 atom stereocenters. The van der Waals surface area contributed by atoms with Crippen LogP contribution in [-0.2, 0) is 9.47 Å². The second kappa shape index (κ2) is 13.5. The number of amides is 2. The van der Waals surface area contributed by atoms with Crippen LogP contribution in [0.1, 0.15) is 13.8 Å². The largest absolute Gasteiger partial charge is 0.445 e. The Morgan fingerprint density at radius 2 is 1.33 bits per heavy atom. The number of nitrogens with zero attached hydrogens (tertiary/aromatic N) is 3. The SMILES string of the molecule is CCN(CC)c1ccc2c(c1)N(c1ccccc1)c1cc(NC(=O)OCC(Cl)(Cl)Cl)ccc1N2C(=O)OCC(Cl)(Cl)Cl. The summed E-state index contributed by atoms with van der Waals surface area (Å²) in [6.07, 6.45) is -1.58. The molecule has 0 saturated carbocycles. The molecule has 3 aromatic carbocycles. The fourth-order valence-corrected chi connectivity index (χ4v) is 4.78. The summed E-state index contributed by atoms with van der Waals surface area (Å²) in [4.78, 5) is 31.6. The minimum Gasteiger partial charge on any atom is -0.445 e. The van der Waals surface area contributed by atoms with E-state index in [-0.39, 0.29) is 0 Å². The van der Waals surface area contributed by atoms with Crippen LogP contribution in [0.2, 0.25) is 0 Å². The maximum absolute atomic E-state index is 13.6. The van der Waals surface area contributed by atoms with E-state index in [0.29, 0.717) is 28.4 Å². The Morgan fingerprint density at radius 3 is 1.93 bits per heavy atom. The molecule has 1 heterocycles. The molecule has 0 unspecified atom stereocenters. The minimum atomic E-state index is -1.80. The van der Waals surface area contributed by atoms with E-state index in [1.165, 1.54) is 4.90 Å². The van der Waals surface area contributed by atoms with Gasteiger partial charge in [-0.3, -0.25) is 5.32 Å². The van der Waals surface area contributed by atoms with Gasteiger partial charge in [0.25, 0.3) is 0 Å². The van der Waals surface area contributed by atoms with Crippen molar-refractivity contribution in [3.8, 4) is 0 Å². The molecule has 224 valence electrons. The molecule has 0 saturated heterocycles. The zero-order chi connectivity index (χ0) is 30.7. The average Bonchev–Trinajstić information content (AvgIpc) is 2.94. The van der Waals surface area contributed by atoms with Crippen LogP contribution < -0.4 is 20.0 Å². The highest BCUT2D eigenvalue weighted by Gasteiger charge is 2.36. The van der Waals surface area contributed by atoms with Crippen LogP contribution in [0, 0.1) is 0 Å². The number of alkyl halides is 6. The van der Waals surface area contributed by atoms with E-state index >= 15 is 0 Å². The zero-order valence-corrected chi connectivity index (χ0v) is 27.0. The highest BCUT2D eigenvalue weighted by molar-refractivity contribution is 6.68. The third-order valence-electron chi connectivity index (χ3n) is 6.20. The molecule has 42 heavy (non-hydrogen) atoms. The van der Waals surface area contributed by atoms with Crippen molar-refractivity contribution >= 4 is 122 Å². The number of benzene rings is 3. The van der Waals surface area contributed by atoms with Gasteiger partial charge in [0.1, 0.15) is 13.2 Å². The second-order valence-corrected chi connectivity index (χ2v) is 14.1. The quantitative estimate of drug-likeness (QED) is 0.248. The van der Waals surface area contributed by atoms with Gasteiger partial charge in [0.15, 0.2) is 0 Å². The molecule has 0 bridgehead atoms. The summed E-state index contributed by atoms with van der Waals surface area (Å²) in [6, 6.07) is 20.3. The Bertz CT molecular complexity index is 1430. The Kier molecular flexibility index (Phi) is 10.4. The normalized spacial score (nSPS) is 12.8. The number of nitrogens with one attached hydrogen (secondary N) is 1. The Hall–Kier alpha value is -2.46. The summed E-state index contributed by atoms with van der Waals surface area (Å²) in [5, 5.41) is 2.64. The molecular weight excluding hydrogens is 669 g/mol. The molecule has 2 amide bonds. The summed E-state index contributed by atoms with van der Waals surface area (Å²) >= 11 is 34.7. The van der Waals surface area contributed by atoms with Crippen molar-refractivity contribution in [3.05, 3.63) is 66.7 Å². The van der Waals surface area contributed by atoms with Gasteiger partial charge in [0.2, 0.25) is 7.59 Å². The summed E-state index contributed by atoms with van der Waals surface area (Å²) in [7, 11) is 0. The van der Waals surface area contributed by atoms with Crippen molar-refractivity contribution in [2.24, 2.45) is 0 Å². The number of carbonyl (C=O) groups is 2. The fraction of sp³-hybridized carbons (Fsp3) is 0.286. The predicted octanol–water partition coefficient (Wildman–Crippen LogP) is 9.88. The van der Waals surface area contributed by atoms with Crippen LogP contribution in [0.15, 0.2) is 66.7 Å². The Labute approximate surface area is 273 Å². The molecule has 8 nitrogen and oxygen atoms in total. The molecule has 14 heteroatoms. The van der Waals surface area contributed by atoms with Gasteiger partial charge < -0.3 is 19.3 Å². The van der Waals surface area contributed by atoms with E-state index in [2.05, 4.69) is 24.1 Å². The standard InChI is InChI=1S/C28H26Cl6N4O4/c1-3-36(4-2)20-11-13-22-24(15-20)37(19-8-6-5-7-9-19)23-14-18(35-25(39)41-16-27(29,30)31)10-12-21(23)38(22)26(40)42-17-28(32,33)34/h5-15H,3-4,16-17H2,1-2H3,(H,35,39). The lowest BCUT2D eigenvalue weighted by molar-refractivity contribution is 0.158. The number of hydrogen-bond donors (Lipinski definition) is 1. The van der Waals surface area contributed by atoms with Crippen LogP contribution in [0.4, 0.5) is 49.4 Å². The van der Waals surface area contributed by atoms with Crippen LogP contribution in [0.25, 0.3) is 0 Å². The molecule has 4 rings (SSSR count). The van der Waals surface area contributed by atoms with Gasteiger partial charge in [-0.25, -0.2) is 14.5 Å². The third-order valence-corrected chi connectivity index (χ3v) is 6.85.